The minimum atomic E-state index is -0.648. The molecule has 0 bridgehead atoms. The fourth-order valence-corrected chi connectivity index (χ4v) is 5.47. The van der Waals surface area contributed by atoms with E-state index in [-0.39, 0.29) is 11.8 Å². The molecule has 0 aliphatic carbocycles. The summed E-state index contributed by atoms with van der Waals surface area (Å²) in [5.74, 6) is 0.636. The van der Waals surface area contributed by atoms with E-state index < -0.39 is 11.6 Å². The van der Waals surface area contributed by atoms with Crippen molar-refractivity contribution in [3.63, 3.8) is 0 Å². The Hall–Kier alpha value is -2.98. The highest BCUT2D eigenvalue weighted by molar-refractivity contribution is 6.08. The average Bonchev–Trinajstić information content (AvgIpc) is 3.19. The monoisotopic (exact) mass is 542 g/mol. The van der Waals surface area contributed by atoms with Crippen LogP contribution in [0.15, 0.2) is 17.1 Å². The summed E-state index contributed by atoms with van der Waals surface area (Å²) in [6, 6.07) is 3.46. The van der Waals surface area contributed by atoms with Gasteiger partial charge in [-0.15, -0.1) is 0 Å². The molecular weight excluding hydrogens is 496 g/mol. The van der Waals surface area contributed by atoms with E-state index in [2.05, 4.69) is 5.32 Å². The van der Waals surface area contributed by atoms with E-state index in [0.717, 1.165) is 80.4 Å². The average molecular weight is 543 g/mol. The minimum absolute atomic E-state index is 0.0267. The van der Waals surface area contributed by atoms with Gasteiger partial charge in [-0.1, -0.05) is 32.1 Å². The number of primary amides is 2. The van der Waals surface area contributed by atoms with E-state index in [1.165, 1.54) is 10.5 Å². The Morgan fingerprint density at radius 1 is 1.00 bits per heavy atom. The predicted molar refractivity (Wildman–Crippen MR) is 153 cm³/mol. The molecule has 39 heavy (non-hydrogen) atoms. The van der Waals surface area contributed by atoms with Gasteiger partial charge in [-0.3, -0.25) is 24.3 Å². The summed E-state index contributed by atoms with van der Waals surface area (Å²) >= 11 is 0. The Kier molecular flexibility index (Phi) is 11.3. The molecule has 3 rings (SSSR count). The Morgan fingerprint density at radius 3 is 2.18 bits per heavy atom. The Labute approximate surface area is 232 Å². The number of urea groups is 1. The Bertz CT molecular complexity index is 1030. The lowest BCUT2D eigenvalue weighted by atomic mass is 9.89. The van der Waals surface area contributed by atoms with Crippen LogP contribution in [0.4, 0.5) is 10.5 Å². The number of nitrogens with two attached hydrogens (primary N) is 2. The second-order valence-electron chi connectivity index (χ2n) is 11.0. The third-order valence-corrected chi connectivity index (χ3v) is 7.94. The molecule has 2 aliphatic rings. The van der Waals surface area contributed by atoms with Crippen molar-refractivity contribution < 1.29 is 19.2 Å². The van der Waals surface area contributed by atoms with Gasteiger partial charge in [0.25, 0.3) is 5.91 Å². The molecule has 216 valence electrons. The van der Waals surface area contributed by atoms with Gasteiger partial charge in [-0.2, -0.15) is 5.06 Å². The van der Waals surface area contributed by atoms with Crippen LogP contribution in [-0.4, -0.2) is 61.0 Å². The number of carbonyl (C=O) groups excluding carboxylic acids is 3. The molecule has 0 saturated carbocycles. The molecule has 10 heteroatoms. The van der Waals surface area contributed by atoms with Crippen LogP contribution in [0, 0.1) is 13.8 Å². The quantitative estimate of drug-likeness (QED) is 0.290. The molecule has 4 amide bonds. The van der Waals surface area contributed by atoms with Crippen molar-refractivity contribution >= 4 is 29.4 Å². The maximum atomic E-state index is 12.8. The van der Waals surface area contributed by atoms with Crippen LogP contribution in [0.2, 0.25) is 0 Å². The van der Waals surface area contributed by atoms with Crippen molar-refractivity contribution in [1.29, 1.82) is 0 Å². The topological polar surface area (TPSA) is 143 Å². The van der Waals surface area contributed by atoms with Crippen molar-refractivity contribution in [2.24, 2.45) is 16.5 Å². The first-order valence-corrected chi connectivity index (χ1v) is 14.3. The molecule has 1 saturated heterocycles. The largest absolute Gasteiger partial charge is 0.370 e. The summed E-state index contributed by atoms with van der Waals surface area (Å²) < 4.78 is 0. The molecule has 0 aromatic heterocycles. The van der Waals surface area contributed by atoms with Gasteiger partial charge in [-0.25, -0.2) is 4.79 Å². The number of rotatable bonds is 15. The summed E-state index contributed by atoms with van der Waals surface area (Å²) in [6.45, 7) is 5.95. The zero-order valence-electron chi connectivity index (χ0n) is 23.9. The van der Waals surface area contributed by atoms with Gasteiger partial charge in [0, 0.05) is 38.7 Å². The van der Waals surface area contributed by atoms with Gasteiger partial charge in [0.15, 0.2) is 0 Å². The minimum Gasteiger partial charge on any atom is -0.370 e. The molecule has 1 aromatic rings. The van der Waals surface area contributed by atoms with Gasteiger partial charge in [0.05, 0.1) is 6.61 Å². The van der Waals surface area contributed by atoms with E-state index in [4.69, 9.17) is 21.3 Å². The van der Waals surface area contributed by atoms with Crippen molar-refractivity contribution in [3.8, 4) is 0 Å². The fraction of sp³-hybridized carbons (Fsp3) is 0.655. The predicted octanol–water partition coefficient (Wildman–Crippen LogP) is 3.65. The van der Waals surface area contributed by atoms with E-state index >= 15 is 0 Å². The summed E-state index contributed by atoms with van der Waals surface area (Å²) in [5.41, 5.74) is 14.1. The van der Waals surface area contributed by atoms with Crippen LogP contribution in [0.5, 0.6) is 0 Å². The number of hydroxylamine groups is 2. The van der Waals surface area contributed by atoms with Crippen LogP contribution in [0.25, 0.3) is 0 Å². The number of nitrogens with one attached hydrogen (secondary N) is 1. The molecule has 1 fully saturated rings. The summed E-state index contributed by atoms with van der Waals surface area (Å²) in [4.78, 5) is 47.4. The third-order valence-electron chi connectivity index (χ3n) is 7.94. The smallest absolute Gasteiger partial charge is 0.318 e. The molecule has 0 unspecified atom stereocenters. The lowest BCUT2D eigenvalue weighted by Gasteiger charge is -2.34. The first kappa shape index (κ1) is 30.6. The van der Waals surface area contributed by atoms with Crippen LogP contribution in [0.1, 0.15) is 87.3 Å². The summed E-state index contributed by atoms with van der Waals surface area (Å²) in [7, 11) is 1.67. The zero-order chi connectivity index (χ0) is 28.4. The molecule has 2 heterocycles. The highest BCUT2D eigenvalue weighted by Gasteiger charge is 2.45. The van der Waals surface area contributed by atoms with Crippen LogP contribution < -0.4 is 21.7 Å². The van der Waals surface area contributed by atoms with Crippen molar-refractivity contribution in [1.82, 2.24) is 10.4 Å². The Morgan fingerprint density at radius 2 is 1.59 bits per heavy atom. The molecule has 0 radical (unpaired) electrons. The fourth-order valence-electron chi connectivity index (χ4n) is 5.47. The van der Waals surface area contributed by atoms with Gasteiger partial charge in [-0.05, 0) is 74.8 Å². The number of anilines is 1. The van der Waals surface area contributed by atoms with Crippen molar-refractivity contribution in [3.05, 3.63) is 28.8 Å². The van der Waals surface area contributed by atoms with Crippen LogP contribution in [-0.2, 0) is 20.8 Å². The number of unbranched alkanes of at least 4 members (excludes halogenated alkanes) is 6. The molecule has 10 nitrogen and oxygen atoms in total. The zero-order valence-corrected chi connectivity index (χ0v) is 23.9. The van der Waals surface area contributed by atoms with Crippen LogP contribution >= 0.6 is 0 Å². The maximum absolute atomic E-state index is 12.8. The standard InChI is InChI=1S/C29H46N6O4/c1-21-19-23(34(3)28(31)38)20-22(2)24(21)13-18-39-35-16-14-29(15-17-35)27(37)32-26(33-29)12-10-8-6-4-5-7-9-11-25(30)36/h19-20H,4-18H2,1-3H3,(H2,30,36)(H2,31,38)(H,32,33,37). The highest BCUT2D eigenvalue weighted by Crippen LogP contribution is 2.31. The highest BCUT2D eigenvalue weighted by atomic mass is 16.7. The second-order valence-corrected chi connectivity index (χ2v) is 11.0. The molecule has 2 aliphatic heterocycles. The van der Waals surface area contributed by atoms with Crippen molar-refractivity contribution in [2.75, 3.05) is 31.6 Å². The maximum Gasteiger partial charge on any atom is 0.318 e. The number of benzene rings is 1. The van der Waals surface area contributed by atoms with Gasteiger partial charge in [0.1, 0.15) is 11.4 Å². The normalized spacial score (nSPS) is 16.8. The molecular formula is C29H46N6O4. The molecule has 5 N–H and O–H groups in total. The number of amides is 4. The Balaban J connectivity index is 1.36. The van der Waals surface area contributed by atoms with Crippen LogP contribution in [0.3, 0.4) is 0 Å². The summed E-state index contributed by atoms with van der Waals surface area (Å²) in [5, 5.41) is 4.98. The van der Waals surface area contributed by atoms with E-state index in [1.54, 1.807) is 7.05 Å². The van der Waals surface area contributed by atoms with E-state index in [9.17, 15) is 14.4 Å². The molecule has 0 atom stereocenters. The number of hydrogen-bond donors (Lipinski definition) is 3. The molecule has 1 aromatic carbocycles. The number of nitrogens with zero attached hydrogens (tertiary/aromatic N) is 3. The number of piperidine rings is 1. The van der Waals surface area contributed by atoms with E-state index in [1.807, 2.05) is 31.0 Å². The SMILES string of the molecule is Cc1cc(N(C)C(N)=O)cc(C)c1CCON1CCC2(CC1)N=C(CCCCCCCCCC(N)=O)NC2=O. The first-order valence-electron chi connectivity index (χ1n) is 14.3. The number of carbonyl (C=O) groups is 3. The van der Waals surface area contributed by atoms with Crippen molar-refractivity contribution in [2.45, 2.75) is 96.4 Å². The lowest BCUT2D eigenvalue weighted by molar-refractivity contribution is -0.176. The molecule has 1 spiro atoms. The van der Waals surface area contributed by atoms with E-state index in [0.29, 0.717) is 39.0 Å². The number of aryl methyl sites for hydroxylation is 2. The van der Waals surface area contributed by atoms with Gasteiger partial charge >= 0.3 is 6.03 Å². The number of hydrogen-bond acceptors (Lipinski definition) is 6. The number of aliphatic imine (C=N–C) groups is 1. The lowest BCUT2D eigenvalue weighted by Crippen LogP contribution is -2.49. The second kappa shape index (κ2) is 14.4. The first-order chi connectivity index (χ1) is 18.6. The van der Waals surface area contributed by atoms with Gasteiger partial charge < -0.3 is 16.8 Å². The summed E-state index contributed by atoms with van der Waals surface area (Å²) in [6.07, 6.45) is 10.9. The van der Waals surface area contributed by atoms with Gasteiger partial charge in [0.2, 0.25) is 5.91 Å². The third kappa shape index (κ3) is 8.76. The number of amidine groups is 1.